The van der Waals surface area contributed by atoms with E-state index in [1.165, 1.54) is 17.8 Å². The molecule has 162 valence electrons. The number of nitrogens with zero attached hydrogens (tertiary/aromatic N) is 3. The van der Waals surface area contributed by atoms with E-state index in [1.807, 2.05) is 53.7 Å². The lowest BCUT2D eigenvalue weighted by Crippen LogP contribution is -2.38. The highest BCUT2D eigenvalue weighted by molar-refractivity contribution is 8.15. The molecule has 0 saturated carbocycles. The van der Waals surface area contributed by atoms with E-state index >= 15 is 0 Å². The van der Waals surface area contributed by atoms with Crippen LogP contribution < -0.4 is 10.7 Å². The zero-order chi connectivity index (χ0) is 22.1. The van der Waals surface area contributed by atoms with Crippen LogP contribution in [0.2, 0.25) is 0 Å². The molecule has 0 bridgehead atoms. The maximum atomic E-state index is 14.7. The first kappa shape index (κ1) is 20.7. The number of nitrogens with two attached hydrogens (primary N) is 1. The molecule has 32 heavy (non-hydrogen) atoms. The van der Waals surface area contributed by atoms with Crippen molar-refractivity contribution in [3.8, 4) is 0 Å². The minimum atomic E-state index is -0.684. The summed E-state index contributed by atoms with van der Waals surface area (Å²) in [5.41, 5.74) is 9.49. The summed E-state index contributed by atoms with van der Waals surface area (Å²) in [7, 11) is 0. The topological polar surface area (TPSA) is 70.3 Å². The molecule has 3 N–H and O–H groups in total. The average Bonchev–Trinajstić information content (AvgIpc) is 3.45. The molecule has 0 radical (unpaired) electrons. The first-order valence-corrected chi connectivity index (χ1v) is 11.1. The van der Waals surface area contributed by atoms with E-state index in [1.54, 1.807) is 6.20 Å². The van der Waals surface area contributed by atoms with E-state index in [-0.39, 0.29) is 5.56 Å². The van der Waals surface area contributed by atoms with Gasteiger partial charge in [-0.2, -0.15) is 5.10 Å². The fraction of sp³-hybridized carbons (Fsp3) is 0.167. The fourth-order valence-electron chi connectivity index (χ4n) is 3.99. The van der Waals surface area contributed by atoms with Gasteiger partial charge in [-0.25, -0.2) is 13.8 Å². The molecule has 1 aliphatic rings. The van der Waals surface area contributed by atoms with Gasteiger partial charge in [-0.1, -0.05) is 42.1 Å². The smallest absolute Gasteiger partial charge is 0.139 e. The monoisotopic (exact) mass is 449 g/mol. The van der Waals surface area contributed by atoms with Gasteiger partial charge in [-0.3, -0.25) is 4.98 Å². The number of rotatable bonds is 6. The van der Waals surface area contributed by atoms with Gasteiger partial charge in [-0.05, 0) is 55.3 Å². The lowest BCUT2D eigenvalue weighted by atomic mass is 10.00. The van der Waals surface area contributed by atoms with Crippen molar-refractivity contribution < 1.29 is 8.78 Å². The summed E-state index contributed by atoms with van der Waals surface area (Å²) in [6, 6.07) is 17.2. The van der Waals surface area contributed by atoms with Crippen LogP contribution in [0.15, 0.2) is 78.2 Å². The molecule has 4 aromatic rings. The molecule has 3 heterocycles. The van der Waals surface area contributed by atoms with Gasteiger partial charge in [0.15, 0.2) is 0 Å². The number of benzene rings is 2. The molecule has 1 atom stereocenters. The Labute approximate surface area is 188 Å². The molecule has 0 aliphatic carbocycles. The summed E-state index contributed by atoms with van der Waals surface area (Å²) in [4.78, 5) is 7.04. The van der Waals surface area contributed by atoms with Crippen LogP contribution in [-0.4, -0.2) is 21.6 Å². The number of halogens is 2. The Morgan fingerprint density at radius 3 is 2.72 bits per heavy atom. The van der Waals surface area contributed by atoms with Gasteiger partial charge in [0.25, 0.3) is 0 Å². The van der Waals surface area contributed by atoms with Crippen LogP contribution in [0.5, 0.6) is 0 Å². The number of aromatic nitrogens is 2. The molecule has 0 amide bonds. The van der Waals surface area contributed by atoms with E-state index in [4.69, 9.17) is 10.8 Å². The van der Waals surface area contributed by atoms with Crippen LogP contribution in [0.25, 0.3) is 11.0 Å². The zero-order valence-corrected chi connectivity index (χ0v) is 17.9. The van der Waals surface area contributed by atoms with E-state index in [2.05, 4.69) is 9.97 Å². The number of aromatic amines is 1. The lowest BCUT2D eigenvalue weighted by molar-refractivity contribution is 0.527. The predicted octanol–water partition coefficient (Wildman–Crippen LogP) is 5.35. The second-order valence-electron chi connectivity index (χ2n) is 7.59. The molecule has 5 rings (SSSR count). The van der Waals surface area contributed by atoms with Crippen molar-refractivity contribution in [3.63, 3.8) is 0 Å². The second kappa shape index (κ2) is 8.37. The van der Waals surface area contributed by atoms with Gasteiger partial charge in [0, 0.05) is 11.8 Å². The Morgan fingerprint density at radius 2 is 1.91 bits per heavy atom. The summed E-state index contributed by atoms with van der Waals surface area (Å²) < 4.78 is 28.7. The predicted molar refractivity (Wildman–Crippen MR) is 125 cm³/mol. The maximum Gasteiger partial charge on any atom is 0.139 e. The SMILES string of the molecule is NCCCC1(c2ccccc2)SC(c2cc(F)ccc2F)=NN1c1cnc2cc[nH]c2c1. The number of hydrogen-bond acceptors (Lipinski definition) is 5. The molecule has 1 unspecified atom stereocenters. The molecule has 5 nitrogen and oxygen atoms in total. The van der Waals surface area contributed by atoms with E-state index < -0.39 is 16.5 Å². The molecule has 1 aliphatic heterocycles. The second-order valence-corrected chi connectivity index (χ2v) is 8.86. The molecule has 8 heteroatoms. The number of nitrogens with one attached hydrogen (secondary N) is 1. The molecule has 0 spiro atoms. The highest BCUT2D eigenvalue weighted by Gasteiger charge is 2.46. The first-order chi connectivity index (χ1) is 15.6. The van der Waals surface area contributed by atoms with Crippen molar-refractivity contribution in [2.75, 3.05) is 11.6 Å². The summed E-state index contributed by atoms with van der Waals surface area (Å²) >= 11 is 1.41. The third-order valence-corrected chi connectivity index (χ3v) is 6.98. The van der Waals surface area contributed by atoms with Crippen molar-refractivity contribution in [2.24, 2.45) is 10.8 Å². The Hall–Kier alpha value is -3.23. The third-order valence-electron chi connectivity index (χ3n) is 5.53. The lowest BCUT2D eigenvalue weighted by Gasteiger charge is -2.37. The van der Waals surface area contributed by atoms with Crippen LogP contribution in [-0.2, 0) is 4.87 Å². The highest BCUT2D eigenvalue weighted by Crippen LogP contribution is 2.52. The van der Waals surface area contributed by atoms with Gasteiger partial charge in [-0.15, -0.1) is 0 Å². The summed E-state index contributed by atoms with van der Waals surface area (Å²) in [6.45, 7) is 0.501. The Morgan fingerprint density at radius 1 is 1.06 bits per heavy atom. The Balaban J connectivity index is 1.70. The average molecular weight is 450 g/mol. The number of H-pyrrole nitrogens is 1. The van der Waals surface area contributed by atoms with Crippen molar-refractivity contribution in [1.29, 1.82) is 0 Å². The van der Waals surface area contributed by atoms with E-state index in [0.29, 0.717) is 18.0 Å². The van der Waals surface area contributed by atoms with Gasteiger partial charge < -0.3 is 10.7 Å². The minimum Gasteiger partial charge on any atom is -0.360 e. The maximum absolute atomic E-state index is 14.7. The highest BCUT2D eigenvalue weighted by atomic mass is 32.2. The number of anilines is 1. The summed E-state index contributed by atoms with van der Waals surface area (Å²) in [6.07, 6.45) is 4.97. The van der Waals surface area contributed by atoms with Crippen molar-refractivity contribution in [1.82, 2.24) is 9.97 Å². The van der Waals surface area contributed by atoms with Gasteiger partial charge in [0.05, 0.1) is 22.9 Å². The quantitative estimate of drug-likeness (QED) is 0.416. The van der Waals surface area contributed by atoms with Crippen molar-refractivity contribution in [2.45, 2.75) is 17.7 Å². The van der Waals surface area contributed by atoms with Crippen LogP contribution in [0.4, 0.5) is 14.5 Å². The largest absolute Gasteiger partial charge is 0.360 e. The standard InChI is InChI=1S/C24H21F2N5S/c25-17-7-8-20(26)19(13-17)23-30-31(18-14-22-21(29-15-18)9-12-28-22)24(32-23,10-4-11-27)16-5-2-1-3-6-16/h1-3,5-9,12-15,28H,4,10-11,27H2. The normalized spacial score (nSPS) is 18.3. The zero-order valence-electron chi connectivity index (χ0n) is 17.1. The number of hydrazone groups is 1. The van der Waals surface area contributed by atoms with E-state index in [9.17, 15) is 8.78 Å². The van der Waals surface area contributed by atoms with Gasteiger partial charge >= 0.3 is 0 Å². The third kappa shape index (κ3) is 3.55. The number of fused-ring (bicyclic) bond motifs is 1. The molecule has 2 aromatic heterocycles. The van der Waals surface area contributed by atoms with Crippen LogP contribution in [0.3, 0.4) is 0 Å². The number of pyridine rings is 1. The first-order valence-electron chi connectivity index (χ1n) is 10.3. The number of thioether (sulfide) groups is 1. The van der Waals surface area contributed by atoms with Crippen molar-refractivity contribution in [3.05, 3.63) is 95.8 Å². The van der Waals surface area contributed by atoms with Crippen LogP contribution in [0, 0.1) is 11.6 Å². The van der Waals surface area contributed by atoms with E-state index in [0.717, 1.165) is 40.8 Å². The minimum absolute atomic E-state index is 0.138. The number of hydrogen-bond donors (Lipinski definition) is 2. The molecule has 0 fully saturated rings. The van der Waals surface area contributed by atoms with Crippen molar-refractivity contribution >= 4 is 33.5 Å². The summed E-state index contributed by atoms with van der Waals surface area (Å²) in [5.74, 6) is -1.02. The molecule has 2 aromatic carbocycles. The van der Waals surface area contributed by atoms with Crippen LogP contribution >= 0.6 is 11.8 Å². The molecular weight excluding hydrogens is 428 g/mol. The molecular formula is C24H21F2N5S. The molecule has 0 saturated heterocycles. The fourth-order valence-corrected chi connectivity index (χ4v) is 5.44. The Bertz CT molecular complexity index is 1290. The summed E-state index contributed by atoms with van der Waals surface area (Å²) in [5, 5.41) is 7.10. The van der Waals surface area contributed by atoms with Crippen LogP contribution in [0.1, 0.15) is 24.0 Å². The van der Waals surface area contributed by atoms with Gasteiger partial charge in [0.1, 0.15) is 21.5 Å². The van der Waals surface area contributed by atoms with Gasteiger partial charge in [0.2, 0.25) is 0 Å². The Kier molecular flexibility index (Phi) is 5.40.